The van der Waals surface area contributed by atoms with Gasteiger partial charge in [-0.05, 0) is 25.2 Å². The summed E-state index contributed by atoms with van der Waals surface area (Å²) in [6.07, 6.45) is 0. The predicted molar refractivity (Wildman–Crippen MR) is 68.2 cm³/mol. The summed E-state index contributed by atoms with van der Waals surface area (Å²) in [5.74, 6) is 0. The number of hydrogen-bond donors (Lipinski definition) is 2. The number of rotatable bonds is 2. The Labute approximate surface area is 107 Å². The van der Waals surface area contributed by atoms with Crippen LogP contribution < -0.4 is 5.32 Å². The largest absolute Gasteiger partial charge is 0.338 e. The quantitative estimate of drug-likeness (QED) is 0.495. The number of fused-ring (bicyclic) bond motifs is 1. The number of amides is 1. The molecule has 2 rings (SSSR count). The molecule has 1 amide bonds. The van der Waals surface area contributed by atoms with Crippen LogP contribution in [0.3, 0.4) is 0 Å². The number of hydrogen-bond acceptors (Lipinski definition) is 4. The first-order valence-electron chi connectivity index (χ1n) is 5.22. The van der Waals surface area contributed by atoms with Crippen LogP contribution >= 0.6 is 12.2 Å². The molecule has 0 spiro atoms. The fraction of sp³-hybridized carbons (Fsp3) is 0.200. The molecule has 0 unspecified atom stereocenters. The van der Waals surface area contributed by atoms with Crippen LogP contribution in [0.25, 0.3) is 11.0 Å². The van der Waals surface area contributed by atoms with Crippen LogP contribution in [0, 0.1) is 14.9 Å². The Morgan fingerprint density at radius 1 is 1.61 bits per heavy atom. The van der Waals surface area contributed by atoms with Gasteiger partial charge in [0.25, 0.3) is 5.69 Å². The first-order chi connectivity index (χ1) is 8.54. The van der Waals surface area contributed by atoms with E-state index in [1.807, 2.05) is 0 Å². The molecule has 0 saturated carbocycles. The number of nitrogens with zero attached hydrogens (tertiary/aromatic N) is 2. The number of aromatic amines is 1. The number of imidazole rings is 1. The van der Waals surface area contributed by atoms with E-state index in [1.54, 1.807) is 6.92 Å². The van der Waals surface area contributed by atoms with E-state index >= 15 is 0 Å². The van der Waals surface area contributed by atoms with E-state index in [1.165, 1.54) is 22.8 Å². The minimum absolute atomic E-state index is 0.0539. The lowest BCUT2D eigenvalue weighted by atomic mass is 10.3. The third-order valence-electron chi connectivity index (χ3n) is 2.41. The normalized spacial score (nSPS) is 10.5. The Kier molecular flexibility index (Phi) is 3.11. The summed E-state index contributed by atoms with van der Waals surface area (Å²) in [6.45, 7) is 2.27. The maximum absolute atomic E-state index is 11.8. The molecule has 0 aliphatic carbocycles. The predicted octanol–water partition coefficient (Wildman–Crippen LogP) is 2.18. The lowest BCUT2D eigenvalue weighted by Gasteiger charge is -2.03. The lowest BCUT2D eigenvalue weighted by Crippen LogP contribution is -2.28. The van der Waals surface area contributed by atoms with E-state index < -0.39 is 4.92 Å². The van der Waals surface area contributed by atoms with Crippen LogP contribution in [0.2, 0.25) is 0 Å². The van der Waals surface area contributed by atoms with E-state index in [0.29, 0.717) is 17.6 Å². The highest BCUT2D eigenvalue weighted by Gasteiger charge is 2.14. The number of H-pyrrole nitrogens is 1. The number of carbonyl (C=O) groups is 1. The Balaban J connectivity index is 2.63. The van der Waals surface area contributed by atoms with E-state index in [0.717, 1.165) is 0 Å². The van der Waals surface area contributed by atoms with Gasteiger partial charge < -0.3 is 10.3 Å². The average molecular weight is 266 g/mol. The summed E-state index contributed by atoms with van der Waals surface area (Å²) in [7, 11) is 0. The molecule has 0 saturated heterocycles. The summed E-state index contributed by atoms with van der Waals surface area (Å²) in [4.78, 5) is 24.7. The van der Waals surface area contributed by atoms with Crippen molar-refractivity contribution in [2.45, 2.75) is 6.92 Å². The van der Waals surface area contributed by atoms with Gasteiger partial charge in [0.1, 0.15) is 0 Å². The highest BCUT2D eigenvalue weighted by molar-refractivity contribution is 7.71. The fourth-order valence-electron chi connectivity index (χ4n) is 1.65. The maximum Gasteiger partial charge on any atom is 0.328 e. The van der Waals surface area contributed by atoms with E-state index in [2.05, 4.69) is 10.3 Å². The average Bonchev–Trinajstić information content (AvgIpc) is 2.63. The number of nitrogens with one attached hydrogen (secondary N) is 2. The molecule has 18 heavy (non-hydrogen) atoms. The van der Waals surface area contributed by atoms with Crippen LogP contribution in [0.4, 0.5) is 10.5 Å². The topological polar surface area (TPSA) is 93.0 Å². The highest BCUT2D eigenvalue weighted by Crippen LogP contribution is 2.20. The Morgan fingerprint density at radius 2 is 2.33 bits per heavy atom. The van der Waals surface area contributed by atoms with Gasteiger partial charge in [0.2, 0.25) is 0 Å². The number of non-ortho nitro benzene ring substituents is 1. The second-order valence-electron chi connectivity index (χ2n) is 3.56. The number of nitro benzene ring substituents is 1. The van der Waals surface area contributed by atoms with Gasteiger partial charge in [0, 0.05) is 18.7 Å². The van der Waals surface area contributed by atoms with E-state index in [9.17, 15) is 14.9 Å². The standard InChI is InChI=1S/C10H10N4O3S/c1-2-11-9(15)13-8-4-3-6(14(16)17)5-7(8)12-10(13)18/h3-5H,2H2,1H3,(H,11,15)(H,12,18). The van der Waals surface area contributed by atoms with Crippen molar-refractivity contribution in [1.82, 2.24) is 14.9 Å². The van der Waals surface area contributed by atoms with Crippen molar-refractivity contribution in [2.24, 2.45) is 0 Å². The molecule has 0 radical (unpaired) electrons. The van der Waals surface area contributed by atoms with Gasteiger partial charge in [-0.3, -0.25) is 10.1 Å². The minimum Gasteiger partial charge on any atom is -0.338 e. The van der Waals surface area contributed by atoms with Crippen molar-refractivity contribution < 1.29 is 9.72 Å². The summed E-state index contributed by atoms with van der Waals surface area (Å²) in [6, 6.07) is 3.82. The Bertz CT molecular complexity index is 688. The molecule has 94 valence electrons. The van der Waals surface area contributed by atoms with Crippen LogP contribution in [0.5, 0.6) is 0 Å². The second-order valence-corrected chi connectivity index (χ2v) is 3.95. The highest BCUT2D eigenvalue weighted by atomic mass is 32.1. The molecule has 2 aromatic rings. The van der Waals surface area contributed by atoms with Crippen molar-refractivity contribution in [3.63, 3.8) is 0 Å². The zero-order chi connectivity index (χ0) is 13.3. The molecule has 1 aromatic carbocycles. The molecule has 0 aliphatic heterocycles. The molecule has 0 aliphatic rings. The van der Waals surface area contributed by atoms with E-state index in [-0.39, 0.29) is 16.5 Å². The maximum atomic E-state index is 11.8. The smallest absolute Gasteiger partial charge is 0.328 e. The van der Waals surface area contributed by atoms with Crippen LogP contribution in [-0.2, 0) is 0 Å². The van der Waals surface area contributed by atoms with Crippen molar-refractivity contribution in [1.29, 1.82) is 0 Å². The van der Waals surface area contributed by atoms with Gasteiger partial charge in [-0.15, -0.1) is 0 Å². The summed E-state index contributed by atoms with van der Waals surface area (Å²) >= 11 is 5.03. The molecule has 0 atom stereocenters. The minimum atomic E-state index is -0.500. The molecular formula is C10H10N4O3S. The van der Waals surface area contributed by atoms with Crippen LogP contribution in [0.15, 0.2) is 18.2 Å². The zero-order valence-corrected chi connectivity index (χ0v) is 10.3. The summed E-state index contributed by atoms with van der Waals surface area (Å²) < 4.78 is 1.48. The molecule has 0 fully saturated rings. The van der Waals surface area contributed by atoms with Gasteiger partial charge in [-0.2, -0.15) is 0 Å². The summed E-state index contributed by atoms with van der Waals surface area (Å²) in [5, 5.41) is 13.3. The van der Waals surface area contributed by atoms with Crippen molar-refractivity contribution in [3.05, 3.63) is 33.1 Å². The lowest BCUT2D eigenvalue weighted by molar-refractivity contribution is -0.384. The molecule has 8 heteroatoms. The molecule has 1 aromatic heterocycles. The van der Waals surface area contributed by atoms with Crippen molar-refractivity contribution >= 4 is 35.0 Å². The number of carbonyl (C=O) groups excluding carboxylic acids is 1. The molecule has 1 heterocycles. The molecule has 2 N–H and O–H groups in total. The second kappa shape index (κ2) is 4.57. The third-order valence-corrected chi connectivity index (χ3v) is 2.69. The molecule has 7 nitrogen and oxygen atoms in total. The third kappa shape index (κ3) is 1.97. The Hall–Kier alpha value is -2.22. The SMILES string of the molecule is CCNC(=O)n1c(=S)[nH]c2cc([N+](=O)[O-])ccc21. The van der Waals surface area contributed by atoms with Crippen molar-refractivity contribution in [2.75, 3.05) is 6.54 Å². The van der Waals surface area contributed by atoms with Gasteiger partial charge in [0.05, 0.1) is 16.0 Å². The number of aromatic nitrogens is 2. The van der Waals surface area contributed by atoms with Gasteiger partial charge in [-0.1, -0.05) is 0 Å². The van der Waals surface area contributed by atoms with Gasteiger partial charge in [0.15, 0.2) is 4.77 Å². The first-order valence-corrected chi connectivity index (χ1v) is 5.62. The van der Waals surface area contributed by atoms with E-state index in [4.69, 9.17) is 12.2 Å². The molecule has 0 bridgehead atoms. The monoisotopic (exact) mass is 266 g/mol. The van der Waals surface area contributed by atoms with Gasteiger partial charge >= 0.3 is 6.03 Å². The van der Waals surface area contributed by atoms with Crippen molar-refractivity contribution in [3.8, 4) is 0 Å². The fourth-order valence-corrected chi connectivity index (χ4v) is 1.94. The van der Waals surface area contributed by atoms with Gasteiger partial charge in [-0.25, -0.2) is 9.36 Å². The van der Waals surface area contributed by atoms with Crippen LogP contribution in [0.1, 0.15) is 6.92 Å². The molecular weight excluding hydrogens is 256 g/mol. The first kappa shape index (κ1) is 12.2. The number of benzene rings is 1. The summed E-state index contributed by atoms with van der Waals surface area (Å²) in [5.41, 5.74) is 0.916. The Morgan fingerprint density at radius 3 is 2.94 bits per heavy atom. The zero-order valence-electron chi connectivity index (χ0n) is 9.47. The number of nitro groups is 1. The van der Waals surface area contributed by atoms with Crippen LogP contribution in [-0.4, -0.2) is 27.1 Å².